The van der Waals surface area contributed by atoms with Gasteiger partial charge in [0.15, 0.2) is 11.5 Å². The third-order valence-corrected chi connectivity index (χ3v) is 8.45. The van der Waals surface area contributed by atoms with Crippen molar-refractivity contribution in [3.8, 4) is 11.5 Å². The van der Waals surface area contributed by atoms with E-state index in [1.165, 1.54) is 28.6 Å². The van der Waals surface area contributed by atoms with Crippen LogP contribution < -0.4 is 15.0 Å². The molecule has 0 amide bonds. The Balaban J connectivity index is 1.57. The van der Waals surface area contributed by atoms with Gasteiger partial charge in [-0.3, -0.25) is 4.79 Å². The molecular weight excluding hydrogens is 520 g/mol. The Morgan fingerprint density at radius 2 is 1.74 bits per heavy atom. The Morgan fingerprint density at radius 3 is 2.54 bits per heavy atom. The maximum atomic E-state index is 14.0. The Hall–Kier alpha value is -4.15. The summed E-state index contributed by atoms with van der Waals surface area (Å²) < 4.78 is 45.1. The van der Waals surface area contributed by atoms with E-state index in [-0.39, 0.29) is 48.1 Å². The molecule has 0 atom stereocenters. The smallest absolute Gasteiger partial charge is 0.338 e. The minimum atomic E-state index is -4.17. The first-order chi connectivity index (χ1) is 18.7. The molecule has 1 aromatic heterocycles. The fraction of sp³-hybridized carbons (Fsp3) is 0.241. The summed E-state index contributed by atoms with van der Waals surface area (Å²) in [5.41, 5.74) is 3.46. The molecule has 5 rings (SSSR count). The van der Waals surface area contributed by atoms with Crippen molar-refractivity contribution in [2.75, 3.05) is 13.4 Å². The zero-order chi connectivity index (χ0) is 27.7. The van der Waals surface area contributed by atoms with Crippen molar-refractivity contribution in [2.45, 2.75) is 38.8 Å². The molecule has 3 aromatic carbocycles. The van der Waals surface area contributed by atoms with Gasteiger partial charge < -0.3 is 19.2 Å². The van der Waals surface area contributed by atoms with Crippen LogP contribution in [-0.2, 0) is 27.8 Å². The maximum absolute atomic E-state index is 14.0. The lowest BCUT2D eigenvalue weighted by molar-refractivity contribution is 0.0526. The monoisotopic (exact) mass is 548 g/mol. The summed E-state index contributed by atoms with van der Waals surface area (Å²) in [5.74, 6) is 0.476. The lowest BCUT2D eigenvalue weighted by Crippen LogP contribution is -2.32. The molecule has 9 nitrogen and oxygen atoms in total. The highest BCUT2D eigenvalue weighted by molar-refractivity contribution is 7.89. The first-order valence-electron chi connectivity index (χ1n) is 12.4. The molecule has 0 saturated heterocycles. The van der Waals surface area contributed by atoms with E-state index in [0.717, 1.165) is 16.5 Å². The number of carbonyl (C=O) groups is 1. The van der Waals surface area contributed by atoms with Gasteiger partial charge in [-0.05, 0) is 91.4 Å². The van der Waals surface area contributed by atoms with E-state index in [4.69, 9.17) is 14.2 Å². The van der Waals surface area contributed by atoms with Crippen LogP contribution in [0.15, 0.2) is 70.4 Å². The minimum Gasteiger partial charge on any atom is -0.462 e. The molecule has 4 aromatic rings. The third kappa shape index (κ3) is 5.39. The van der Waals surface area contributed by atoms with Crippen LogP contribution in [0.4, 0.5) is 0 Å². The molecule has 0 unspecified atom stereocenters. The van der Waals surface area contributed by atoms with Gasteiger partial charge in [0.05, 0.1) is 17.1 Å². The van der Waals surface area contributed by atoms with Crippen LogP contribution in [0.5, 0.6) is 11.5 Å². The summed E-state index contributed by atoms with van der Waals surface area (Å²) in [5, 5.41) is 0.803. The molecule has 1 aliphatic heterocycles. The fourth-order valence-electron chi connectivity index (χ4n) is 4.45. The molecule has 202 valence electrons. The second-order valence-corrected chi connectivity index (χ2v) is 11.3. The molecule has 0 aliphatic carbocycles. The Morgan fingerprint density at radius 1 is 0.974 bits per heavy atom. The number of H-pyrrole nitrogens is 1. The summed E-state index contributed by atoms with van der Waals surface area (Å²) in [6.45, 7) is 5.63. The molecule has 0 spiro atoms. The van der Waals surface area contributed by atoms with Gasteiger partial charge in [0.2, 0.25) is 16.8 Å². The van der Waals surface area contributed by atoms with Gasteiger partial charge in [0, 0.05) is 24.2 Å². The first-order valence-corrected chi connectivity index (χ1v) is 13.9. The highest BCUT2D eigenvalue weighted by Crippen LogP contribution is 2.33. The van der Waals surface area contributed by atoms with Crippen LogP contribution in [0.2, 0.25) is 0 Å². The zero-order valence-electron chi connectivity index (χ0n) is 21.8. The molecule has 10 heteroatoms. The van der Waals surface area contributed by atoms with Crippen LogP contribution in [0.3, 0.4) is 0 Å². The molecule has 0 fully saturated rings. The maximum Gasteiger partial charge on any atom is 0.338 e. The van der Waals surface area contributed by atoms with Gasteiger partial charge in [-0.15, -0.1) is 0 Å². The number of esters is 1. The predicted octanol–water partition coefficient (Wildman–Crippen LogP) is 4.44. The number of aryl methyl sites for hydroxylation is 2. The number of nitrogens with zero attached hydrogens (tertiary/aromatic N) is 1. The van der Waals surface area contributed by atoms with E-state index >= 15 is 0 Å². The van der Waals surface area contributed by atoms with Crippen LogP contribution in [0.25, 0.3) is 10.9 Å². The summed E-state index contributed by atoms with van der Waals surface area (Å²) in [6.07, 6.45) is 0. The first kappa shape index (κ1) is 26.5. The second-order valence-electron chi connectivity index (χ2n) is 9.36. The number of hydrogen-bond acceptors (Lipinski definition) is 7. The molecule has 39 heavy (non-hydrogen) atoms. The van der Waals surface area contributed by atoms with Gasteiger partial charge in [-0.1, -0.05) is 12.1 Å². The number of hydrogen-bond donors (Lipinski definition) is 1. The van der Waals surface area contributed by atoms with Gasteiger partial charge in [-0.25, -0.2) is 13.2 Å². The number of rotatable bonds is 8. The third-order valence-electron chi connectivity index (χ3n) is 6.66. The van der Waals surface area contributed by atoms with Crippen LogP contribution in [0, 0.1) is 13.8 Å². The Labute approximate surface area is 226 Å². The van der Waals surface area contributed by atoms with E-state index in [1.54, 1.807) is 31.2 Å². The number of aromatic nitrogens is 1. The summed E-state index contributed by atoms with van der Waals surface area (Å²) in [6, 6.07) is 16.5. The van der Waals surface area contributed by atoms with Crippen molar-refractivity contribution < 1.29 is 27.4 Å². The van der Waals surface area contributed by atoms with E-state index in [1.807, 2.05) is 26.0 Å². The van der Waals surface area contributed by atoms with Crippen molar-refractivity contribution in [3.63, 3.8) is 0 Å². The van der Waals surface area contributed by atoms with Gasteiger partial charge in [-0.2, -0.15) is 4.31 Å². The summed E-state index contributed by atoms with van der Waals surface area (Å²) >= 11 is 0. The van der Waals surface area contributed by atoms with Crippen molar-refractivity contribution in [1.82, 2.24) is 9.29 Å². The quantitative estimate of drug-likeness (QED) is 0.324. The lowest BCUT2D eigenvalue weighted by atomic mass is 10.0. The second kappa shape index (κ2) is 10.5. The van der Waals surface area contributed by atoms with E-state index < -0.39 is 16.0 Å². The zero-order valence-corrected chi connectivity index (χ0v) is 22.6. The molecule has 1 N–H and O–H groups in total. The molecule has 0 saturated carbocycles. The van der Waals surface area contributed by atoms with E-state index in [9.17, 15) is 18.0 Å². The van der Waals surface area contributed by atoms with Crippen molar-refractivity contribution in [2.24, 2.45) is 0 Å². The van der Waals surface area contributed by atoms with E-state index in [2.05, 4.69) is 4.98 Å². The number of sulfonamides is 1. The number of ether oxygens (including phenoxy) is 3. The molecule has 1 aliphatic rings. The number of fused-ring (bicyclic) bond motifs is 2. The number of carbonyl (C=O) groups excluding carboxylic acids is 1. The minimum absolute atomic E-state index is 0.0486. The molecule has 0 radical (unpaired) electrons. The van der Waals surface area contributed by atoms with Crippen LogP contribution in [-0.4, -0.2) is 37.1 Å². The number of benzene rings is 3. The number of pyridine rings is 1. The summed E-state index contributed by atoms with van der Waals surface area (Å²) in [4.78, 5) is 28.2. The van der Waals surface area contributed by atoms with Gasteiger partial charge >= 0.3 is 5.97 Å². The average molecular weight is 549 g/mol. The normalized spacial score (nSPS) is 12.7. The Bertz CT molecular complexity index is 1740. The average Bonchev–Trinajstić information content (AvgIpc) is 3.38. The molecule has 0 bridgehead atoms. The van der Waals surface area contributed by atoms with Gasteiger partial charge in [0.25, 0.3) is 5.56 Å². The molecular formula is C29H28N2O7S. The SMILES string of the molecule is CCOC(=O)c1cccc(S(=O)(=O)N(Cc2ccc3c(c2)OCO3)Cc2cc3cc(C)c(C)cc3[nH]c2=O)c1. The Kier molecular flexibility index (Phi) is 7.16. The van der Waals surface area contributed by atoms with E-state index in [0.29, 0.717) is 22.6 Å². The van der Waals surface area contributed by atoms with Crippen LogP contribution >= 0.6 is 0 Å². The lowest BCUT2D eigenvalue weighted by Gasteiger charge is -2.23. The topological polar surface area (TPSA) is 115 Å². The standard InChI is InChI=1S/C29H28N2O7S/c1-4-36-29(33)21-6-5-7-24(14-21)39(34,35)31(15-20-8-9-26-27(12-20)38-17-37-26)16-23-13-22-10-18(2)19(3)11-25(22)30-28(23)32/h5-14H,4,15-17H2,1-3H3,(H,30,32). The van der Waals surface area contributed by atoms with Crippen LogP contribution in [0.1, 0.15) is 39.5 Å². The largest absolute Gasteiger partial charge is 0.462 e. The van der Waals surface area contributed by atoms with Crippen molar-refractivity contribution >= 4 is 26.9 Å². The van der Waals surface area contributed by atoms with Crippen molar-refractivity contribution in [1.29, 1.82) is 0 Å². The van der Waals surface area contributed by atoms with Gasteiger partial charge in [0.1, 0.15) is 0 Å². The number of aromatic amines is 1. The predicted molar refractivity (Wildman–Crippen MR) is 145 cm³/mol. The summed E-state index contributed by atoms with van der Waals surface area (Å²) in [7, 11) is -4.17. The highest BCUT2D eigenvalue weighted by Gasteiger charge is 2.28. The fourth-order valence-corrected chi connectivity index (χ4v) is 5.90. The number of nitrogens with one attached hydrogen (secondary N) is 1. The molecule has 2 heterocycles. The van der Waals surface area contributed by atoms with Crippen molar-refractivity contribution in [3.05, 3.63) is 98.8 Å². The highest BCUT2D eigenvalue weighted by atomic mass is 32.2.